The minimum atomic E-state index is 0.546. The molecule has 0 saturated heterocycles. The van der Waals surface area contributed by atoms with Gasteiger partial charge in [0.2, 0.25) is 0 Å². The van der Waals surface area contributed by atoms with Crippen molar-refractivity contribution < 1.29 is 14.2 Å². The van der Waals surface area contributed by atoms with E-state index in [-0.39, 0.29) is 0 Å². The van der Waals surface area contributed by atoms with Gasteiger partial charge in [-0.2, -0.15) is 0 Å². The zero-order chi connectivity index (χ0) is 8.69. The fourth-order valence-electron chi connectivity index (χ4n) is 0.590. The topological polar surface area (TPSA) is 27.7 Å². The first-order valence-corrected chi connectivity index (χ1v) is 4.76. The molecule has 3 nitrogen and oxygen atoms in total. The largest absolute Gasteiger partial charge is 0.500 e. The maximum atomic E-state index is 5.20. The molecule has 0 radical (unpaired) electrons. The molecule has 0 N–H and O–H groups in total. The molecule has 0 aromatic rings. The molecular formula is C7H16O3Si. The van der Waals surface area contributed by atoms with Crippen LogP contribution in [0.3, 0.4) is 0 Å². The normalized spacial score (nSPS) is 9.00. The summed E-state index contributed by atoms with van der Waals surface area (Å²) in [6, 6.07) is 0. The third-order valence-corrected chi connectivity index (χ3v) is 1.96. The predicted molar refractivity (Wildman–Crippen MR) is 47.2 cm³/mol. The third kappa shape index (κ3) is 3.93. The van der Waals surface area contributed by atoms with Gasteiger partial charge in [0.15, 0.2) is 0 Å². The van der Waals surface area contributed by atoms with E-state index in [0.29, 0.717) is 19.2 Å². The Morgan fingerprint density at radius 2 is 1.64 bits per heavy atom. The van der Waals surface area contributed by atoms with Crippen LogP contribution in [-0.2, 0) is 14.2 Å². The van der Waals surface area contributed by atoms with Crippen molar-refractivity contribution in [2.45, 2.75) is 13.8 Å². The van der Waals surface area contributed by atoms with Crippen LogP contribution < -0.4 is 0 Å². The van der Waals surface area contributed by atoms with E-state index >= 15 is 0 Å². The van der Waals surface area contributed by atoms with Crippen LogP contribution in [0.4, 0.5) is 0 Å². The van der Waals surface area contributed by atoms with E-state index in [4.69, 9.17) is 14.2 Å². The van der Waals surface area contributed by atoms with Gasteiger partial charge in [-0.15, -0.1) is 0 Å². The van der Waals surface area contributed by atoms with E-state index < -0.39 is 0 Å². The Kier molecular flexibility index (Phi) is 5.74. The zero-order valence-corrected chi connectivity index (χ0v) is 9.64. The molecule has 0 aliphatic rings. The highest BCUT2D eigenvalue weighted by Gasteiger charge is 2.02. The summed E-state index contributed by atoms with van der Waals surface area (Å²) in [5.41, 5.74) is 0. The van der Waals surface area contributed by atoms with Gasteiger partial charge in [-0.25, -0.2) is 0 Å². The molecule has 0 rings (SSSR count). The van der Waals surface area contributed by atoms with Gasteiger partial charge in [-0.3, -0.25) is 0 Å². The van der Waals surface area contributed by atoms with Gasteiger partial charge in [-0.05, 0) is 13.8 Å². The van der Waals surface area contributed by atoms with Gasteiger partial charge in [0, 0.05) is 0 Å². The van der Waals surface area contributed by atoms with E-state index in [1.807, 2.05) is 13.8 Å². The fraction of sp³-hybridized carbons (Fsp3) is 0.714. The summed E-state index contributed by atoms with van der Waals surface area (Å²) in [6.45, 7) is 5.07. The predicted octanol–water partition coefficient (Wildman–Crippen LogP) is 0.198. The van der Waals surface area contributed by atoms with Crippen molar-refractivity contribution in [3.63, 3.8) is 0 Å². The number of ether oxygens (including phenoxy) is 3. The molecule has 0 aliphatic carbocycles. The van der Waals surface area contributed by atoms with Crippen LogP contribution in [0, 0.1) is 0 Å². The second kappa shape index (κ2) is 6.09. The van der Waals surface area contributed by atoms with E-state index in [9.17, 15) is 0 Å². The van der Waals surface area contributed by atoms with Crippen LogP contribution in [0.2, 0.25) is 0 Å². The lowest BCUT2D eigenvalue weighted by atomic mass is 10.8. The van der Waals surface area contributed by atoms with Gasteiger partial charge < -0.3 is 14.2 Å². The lowest BCUT2D eigenvalue weighted by Gasteiger charge is -2.11. The molecule has 0 saturated carbocycles. The monoisotopic (exact) mass is 176 g/mol. The Morgan fingerprint density at radius 3 is 1.91 bits per heavy atom. The fourth-order valence-corrected chi connectivity index (χ4v) is 0.879. The number of hydrogen-bond donors (Lipinski definition) is 0. The summed E-state index contributed by atoms with van der Waals surface area (Å²) in [5, 5.41) is 0.814. The molecule has 0 heterocycles. The first-order valence-electron chi connectivity index (χ1n) is 3.76. The van der Waals surface area contributed by atoms with Crippen LogP contribution in [0.5, 0.6) is 0 Å². The highest BCUT2D eigenvalue weighted by atomic mass is 28.1. The lowest BCUT2D eigenvalue weighted by Crippen LogP contribution is -2.03. The molecule has 0 atom stereocenters. The van der Waals surface area contributed by atoms with Crippen LogP contribution in [0.1, 0.15) is 13.8 Å². The lowest BCUT2D eigenvalue weighted by molar-refractivity contribution is 0.0318. The summed E-state index contributed by atoms with van der Waals surface area (Å²) in [4.78, 5) is 0. The Labute approximate surface area is 70.8 Å². The Balaban J connectivity index is 4.05. The average molecular weight is 176 g/mol. The van der Waals surface area contributed by atoms with Crippen molar-refractivity contribution in [3.8, 4) is 0 Å². The van der Waals surface area contributed by atoms with Crippen LogP contribution in [0.25, 0.3) is 0 Å². The molecule has 0 spiro atoms. The summed E-state index contributed by atoms with van der Waals surface area (Å²) in [7, 11) is 2.43. The molecule has 0 amide bonds. The molecule has 0 aromatic carbocycles. The van der Waals surface area contributed by atoms with Crippen LogP contribution in [-0.4, -0.2) is 30.6 Å². The first-order chi connectivity index (χ1) is 5.26. The molecule has 0 aromatic heterocycles. The van der Waals surface area contributed by atoms with Crippen LogP contribution >= 0.6 is 0 Å². The maximum Gasteiger partial charge on any atom is 0.312 e. The molecule has 0 bridgehead atoms. The van der Waals surface area contributed by atoms with E-state index in [0.717, 1.165) is 15.6 Å². The maximum absolute atomic E-state index is 5.20. The quantitative estimate of drug-likeness (QED) is 0.442. The Morgan fingerprint density at radius 1 is 1.18 bits per heavy atom. The van der Waals surface area contributed by atoms with Crippen molar-refractivity contribution in [3.05, 3.63) is 11.3 Å². The molecule has 0 fully saturated rings. The standard InChI is InChI=1S/C7H16O3Si/c1-4-9-6(10-5-2)7(11)8-3/h4-5H2,1-3,11H3. The highest BCUT2D eigenvalue weighted by molar-refractivity contribution is 6.20. The number of rotatable bonds is 5. The van der Waals surface area contributed by atoms with E-state index in [1.165, 1.54) is 0 Å². The first kappa shape index (κ1) is 10.4. The van der Waals surface area contributed by atoms with E-state index in [1.54, 1.807) is 7.11 Å². The van der Waals surface area contributed by atoms with Gasteiger partial charge in [0.05, 0.1) is 30.6 Å². The molecular weight excluding hydrogens is 160 g/mol. The van der Waals surface area contributed by atoms with Crippen LogP contribution in [0.15, 0.2) is 11.3 Å². The molecule has 4 heteroatoms. The van der Waals surface area contributed by atoms with Crippen molar-refractivity contribution in [2.75, 3.05) is 20.3 Å². The summed E-state index contributed by atoms with van der Waals surface area (Å²) >= 11 is 0. The van der Waals surface area contributed by atoms with E-state index in [2.05, 4.69) is 0 Å². The molecule has 0 aliphatic heterocycles. The molecule has 66 valence electrons. The van der Waals surface area contributed by atoms with Gasteiger partial charge in [-0.1, -0.05) is 0 Å². The van der Waals surface area contributed by atoms with Crippen molar-refractivity contribution in [2.24, 2.45) is 0 Å². The summed E-state index contributed by atoms with van der Waals surface area (Å²) in [6.07, 6.45) is 0. The summed E-state index contributed by atoms with van der Waals surface area (Å²) in [5.74, 6) is 0.546. The minimum Gasteiger partial charge on any atom is -0.500 e. The Bertz CT molecular complexity index is 126. The highest BCUT2D eigenvalue weighted by Crippen LogP contribution is 2.05. The van der Waals surface area contributed by atoms with Crippen molar-refractivity contribution in [1.82, 2.24) is 0 Å². The molecule has 0 unspecified atom stereocenters. The SMILES string of the molecule is CCOC(OCC)=C([SiH3])OC. The minimum absolute atomic E-state index is 0.546. The number of hydrogen-bond acceptors (Lipinski definition) is 3. The Hall–Kier alpha value is -0.643. The smallest absolute Gasteiger partial charge is 0.312 e. The second-order valence-electron chi connectivity index (χ2n) is 1.91. The second-order valence-corrected chi connectivity index (χ2v) is 2.82. The van der Waals surface area contributed by atoms with Crippen molar-refractivity contribution >= 4 is 10.2 Å². The van der Waals surface area contributed by atoms with Crippen molar-refractivity contribution in [1.29, 1.82) is 0 Å². The van der Waals surface area contributed by atoms with Gasteiger partial charge in [0.1, 0.15) is 5.38 Å². The van der Waals surface area contributed by atoms with Gasteiger partial charge >= 0.3 is 5.95 Å². The zero-order valence-electron chi connectivity index (χ0n) is 7.64. The number of methoxy groups -OCH3 is 1. The molecule has 11 heavy (non-hydrogen) atoms. The summed E-state index contributed by atoms with van der Waals surface area (Å²) < 4.78 is 15.4. The third-order valence-electron chi connectivity index (χ3n) is 1.14. The average Bonchev–Trinajstić information content (AvgIpc) is 2.03. The van der Waals surface area contributed by atoms with Gasteiger partial charge in [0.25, 0.3) is 0 Å².